The summed E-state index contributed by atoms with van der Waals surface area (Å²) in [5, 5.41) is 3.31. The van der Waals surface area contributed by atoms with Crippen molar-refractivity contribution < 1.29 is 0 Å². The van der Waals surface area contributed by atoms with E-state index in [4.69, 9.17) is 0 Å². The highest BCUT2D eigenvalue weighted by molar-refractivity contribution is 9.10. The second-order valence-electron chi connectivity index (χ2n) is 4.63. The van der Waals surface area contributed by atoms with E-state index in [2.05, 4.69) is 52.4 Å². The van der Waals surface area contributed by atoms with Gasteiger partial charge in [-0.1, -0.05) is 66.7 Å². The van der Waals surface area contributed by atoms with Crippen molar-refractivity contribution in [1.29, 1.82) is 0 Å². The van der Waals surface area contributed by atoms with Gasteiger partial charge >= 0.3 is 0 Å². The molecule has 0 spiro atoms. The number of halogens is 1. The molecule has 1 aromatic rings. The molecule has 1 nitrogen and oxygen atoms in total. The predicted octanol–water partition coefficient (Wildman–Crippen LogP) is 4.72. The molecule has 0 saturated carbocycles. The average molecular weight is 298 g/mol. The van der Waals surface area contributed by atoms with E-state index in [9.17, 15) is 0 Å². The van der Waals surface area contributed by atoms with Crippen LogP contribution in [0.1, 0.15) is 50.5 Å². The molecule has 1 unspecified atom stereocenters. The van der Waals surface area contributed by atoms with E-state index in [-0.39, 0.29) is 0 Å². The van der Waals surface area contributed by atoms with Crippen molar-refractivity contribution in [3.8, 4) is 0 Å². The van der Waals surface area contributed by atoms with Crippen LogP contribution in [0.2, 0.25) is 0 Å². The second-order valence-corrected chi connectivity index (χ2v) is 5.48. The van der Waals surface area contributed by atoms with Gasteiger partial charge in [0, 0.05) is 11.0 Å². The Labute approximate surface area is 114 Å². The van der Waals surface area contributed by atoms with Crippen molar-refractivity contribution in [2.45, 2.75) is 44.9 Å². The van der Waals surface area contributed by atoms with Gasteiger partial charge in [-0.05, 0) is 31.0 Å². The average Bonchev–Trinajstić information content (AvgIpc) is 2.34. The van der Waals surface area contributed by atoms with Crippen LogP contribution >= 0.6 is 15.9 Å². The lowest BCUT2D eigenvalue weighted by Gasteiger charge is -2.18. The largest absolute Gasteiger partial charge is 0.319 e. The highest BCUT2D eigenvalue weighted by atomic mass is 79.9. The van der Waals surface area contributed by atoms with E-state index >= 15 is 0 Å². The molecule has 2 heteroatoms. The number of nitrogens with one attached hydrogen (secondary N) is 1. The third-order valence-electron chi connectivity index (χ3n) is 3.20. The Bertz CT molecular complexity index is 312. The van der Waals surface area contributed by atoms with E-state index in [0.29, 0.717) is 5.92 Å². The standard InChI is InChI=1S/C15H24BrN/c1-3-4-5-6-9-13(12-17-2)14-10-7-8-11-15(14)16/h7-8,10-11,13,17H,3-6,9,12H2,1-2H3. The number of unbranched alkanes of at least 4 members (excludes halogenated alkanes) is 3. The van der Waals surface area contributed by atoms with Crippen molar-refractivity contribution in [3.63, 3.8) is 0 Å². The molecule has 0 bridgehead atoms. The summed E-state index contributed by atoms with van der Waals surface area (Å²) in [5.74, 6) is 0.632. The molecule has 96 valence electrons. The van der Waals surface area contributed by atoms with Crippen LogP contribution in [0.4, 0.5) is 0 Å². The number of hydrogen-bond acceptors (Lipinski definition) is 1. The van der Waals surface area contributed by atoms with Crippen LogP contribution in [0.15, 0.2) is 28.7 Å². The van der Waals surface area contributed by atoms with Gasteiger partial charge in [0.05, 0.1) is 0 Å². The van der Waals surface area contributed by atoms with Crippen LogP contribution in [-0.2, 0) is 0 Å². The van der Waals surface area contributed by atoms with Gasteiger partial charge in [0.1, 0.15) is 0 Å². The highest BCUT2D eigenvalue weighted by Gasteiger charge is 2.12. The van der Waals surface area contributed by atoms with Gasteiger partial charge < -0.3 is 5.32 Å². The van der Waals surface area contributed by atoms with Crippen molar-refractivity contribution in [2.24, 2.45) is 0 Å². The fraction of sp³-hybridized carbons (Fsp3) is 0.600. The first kappa shape index (κ1) is 14.7. The van der Waals surface area contributed by atoms with Gasteiger partial charge in [-0.15, -0.1) is 0 Å². The summed E-state index contributed by atoms with van der Waals surface area (Å²) in [5.41, 5.74) is 1.44. The summed E-state index contributed by atoms with van der Waals surface area (Å²) >= 11 is 3.66. The molecule has 0 aromatic heterocycles. The van der Waals surface area contributed by atoms with Gasteiger partial charge in [0.15, 0.2) is 0 Å². The lowest BCUT2D eigenvalue weighted by atomic mass is 9.93. The van der Waals surface area contributed by atoms with Gasteiger partial charge in [-0.25, -0.2) is 0 Å². The fourth-order valence-corrected chi connectivity index (χ4v) is 2.85. The Morgan fingerprint density at radius 1 is 1.18 bits per heavy atom. The molecule has 0 aliphatic heterocycles. The Balaban J connectivity index is 2.56. The zero-order valence-corrected chi connectivity index (χ0v) is 12.6. The van der Waals surface area contributed by atoms with Crippen LogP contribution in [0, 0.1) is 0 Å². The van der Waals surface area contributed by atoms with Gasteiger partial charge in [0.2, 0.25) is 0 Å². The van der Waals surface area contributed by atoms with E-state index in [1.54, 1.807) is 0 Å². The second kappa shape index (κ2) is 8.71. The Hall–Kier alpha value is -0.340. The third-order valence-corrected chi connectivity index (χ3v) is 3.92. The molecule has 1 rings (SSSR count). The minimum atomic E-state index is 0.632. The summed E-state index contributed by atoms with van der Waals surface area (Å²) in [4.78, 5) is 0. The number of likely N-dealkylation sites (N-methyl/N-ethyl adjacent to an activating group) is 1. The third kappa shape index (κ3) is 5.22. The van der Waals surface area contributed by atoms with Crippen LogP contribution in [0.5, 0.6) is 0 Å². The normalized spacial score (nSPS) is 12.6. The van der Waals surface area contributed by atoms with Crippen LogP contribution in [0.3, 0.4) is 0 Å². The van der Waals surface area contributed by atoms with E-state index in [1.807, 2.05) is 7.05 Å². The molecule has 17 heavy (non-hydrogen) atoms. The van der Waals surface area contributed by atoms with Gasteiger partial charge in [-0.2, -0.15) is 0 Å². The summed E-state index contributed by atoms with van der Waals surface area (Å²) in [6.45, 7) is 3.33. The summed E-state index contributed by atoms with van der Waals surface area (Å²) in [6, 6.07) is 8.60. The van der Waals surface area contributed by atoms with Crippen molar-refractivity contribution >= 4 is 15.9 Å². The number of hydrogen-bond donors (Lipinski definition) is 1. The minimum Gasteiger partial charge on any atom is -0.319 e. The summed E-state index contributed by atoms with van der Waals surface area (Å²) < 4.78 is 1.25. The summed E-state index contributed by atoms with van der Waals surface area (Å²) in [7, 11) is 2.04. The molecular weight excluding hydrogens is 274 g/mol. The SMILES string of the molecule is CCCCCCC(CNC)c1ccccc1Br. The van der Waals surface area contributed by atoms with Crippen LogP contribution in [0.25, 0.3) is 0 Å². The lowest BCUT2D eigenvalue weighted by molar-refractivity contribution is 0.532. The smallest absolute Gasteiger partial charge is 0.0210 e. The molecule has 0 heterocycles. The summed E-state index contributed by atoms with van der Waals surface area (Å²) in [6.07, 6.45) is 6.65. The van der Waals surface area contributed by atoms with Crippen molar-refractivity contribution in [3.05, 3.63) is 34.3 Å². The molecule has 0 amide bonds. The molecular formula is C15H24BrN. The molecule has 0 aliphatic rings. The molecule has 0 fully saturated rings. The van der Waals surface area contributed by atoms with Crippen molar-refractivity contribution in [2.75, 3.05) is 13.6 Å². The first-order valence-corrected chi connectivity index (χ1v) is 7.48. The maximum absolute atomic E-state index is 3.66. The van der Waals surface area contributed by atoms with Crippen LogP contribution in [-0.4, -0.2) is 13.6 Å². The van der Waals surface area contributed by atoms with E-state index in [0.717, 1.165) is 6.54 Å². The van der Waals surface area contributed by atoms with Crippen molar-refractivity contribution in [1.82, 2.24) is 5.32 Å². The molecule has 0 saturated heterocycles. The van der Waals surface area contributed by atoms with E-state index < -0.39 is 0 Å². The highest BCUT2D eigenvalue weighted by Crippen LogP contribution is 2.28. The van der Waals surface area contributed by atoms with Gasteiger partial charge in [0.25, 0.3) is 0 Å². The zero-order chi connectivity index (χ0) is 12.5. The zero-order valence-electron chi connectivity index (χ0n) is 11.0. The first-order chi connectivity index (χ1) is 8.29. The van der Waals surface area contributed by atoms with Gasteiger partial charge in [-0.3, -0.25) is 0 Å². The predicted molar refractivity (Wildman–Crippen MR) is 79.6 cm³/mol. The maximum atomic E-state index is 3.66. The maximum Gasteiger partial charge on any atom is 0.0210 e. The topological polar surface area (TPSA) is 12.0 Å². The quantitative estimate of drug-likeness (QED) is 0.685. The monoisotopic (exact) mass is 297 g/mol. The first-order valence-electron chi connectivity index (χ1n) is 6.68. The number of benzene rings is 1. The Morgan fingerprint density at radius 3 is 2.59 bits per heavy atom. The minimum absolute atomic E-state index is 0.632. The Kier molecular flexibility index (Phi) is 7.54. The van der Waals surface area contributed by atoms with Crippen LogP contribution < -0.4 is 5.32 Å². The Morgan fingerprint density at radius 2 is 1.94 bits per heavy atom. The molecule has 1 aromatic carbocycles. The molecule has 0 radical (unpaired) electrons. The molecule has 1 N–H and O–H groups in total. The molecule has 1 atom stereocenters. The number of rotatable bonds is 8. The molecule has 0 aliphatic carbocycles. The lowest BCUT2D eigenvalue weighted by Crippen LogP contribution is -2.17. The fourth-order valence-electron chi connectivity index (χ4n) is 2.24. The van der Waals surface area contributed by atoms with E-state index in [1.165, 1.54) is 42.1 Å².